The van der Waals surface area contributed by atoms with Gasteiger partial charge in [0.1, 0.15) is 0 Å². The number of aliphatic hydroxyl groups is 1. The van der Waals surface area contributed by atoms with Crippen LogP contribution in [0.2, 0.25) is 5.02 Å². The average Bonchev–Trinajstić information content (AvgIpc) is 3.03. The van der Waals surface area contributed by atoms with Gasteiger partial charge in [0.15, 0.2) is 5.69 Å². The summed E-state index contributed by atoms with van der Waals surface area (Å²) in [6.45, 7) is 0.550. The number of aliphatic hydroxyl groups excluding tert-OH is 1. The van der Waals surface area contributed by atoms with Crippen molar-refractivity contribution < 1.29 is 9.90 Å². The number of hydrogen-bond acceptors (Lipinski definition) is 4. The van der Waals surface area contributed by atoms with Crippen molar-refractivity contribution in [1.29, 1.82) is 0 Å². The molecule has 0 spiro atoms. The molecule has 7 heteroatoms. The van der Waals surface area contributed by atoms with E-state index in [2.05, 4.69) is 15.6 Å². The van der Waals surface area contributed by atoms with E-state index in [0.29, 0.717) is 23.2 Å². The second-order valence-electron chi connectivity index (χ2n) is 5.90. The van der Waals surface area contributed by atoms with E-state index in [9.17, 15) is 9.90 Å². The number of para-hydroxylation sites is 1. The maximum absolute atomic E-state index is 12.2. The Balaban J connectivity index is 1.61. The molecule has 0 radical (unpaired) electrons. The highest BCUT2D eigenvalue weighted by Gasteiger charge is 2.21. The molecule has 6 nitrogen and oxygen atoms in total. The molecule has 1 saturated carbocycles. The number of amides is 1. The Morgan fingerprint density at radius 1 is 1.39 bits per heavy atom. The lowest BCUT2D eigenvalue weighted by Gasteiger charge is -2.25. The fourth-order valence-corrected chi connectivity index (χ4v) is 3.12. The van der Waals surface area contributed by atoms with Gasteiger partial charge in [-0.3, -0.25) is 4.79 Å². The van der Waals surface area contributed by atoms with Crippen LogP contribution in [0, 0.1) is 5.92 Å². The van der Waals surface area contributed by atoms with Gasteiger partial charge in [0, 0.05) is 6.54 Å². The Bertz CT molecular complexity index is 688. The number of carbonyl (C=O) groups is 1. The SMILES string of the molecule is O=C(NCC1CCCC(O)C1)c1cn(-c2ccccc2Cl)nn1. The van der Waals surface area contributed by atoms with Crippen LogP contribution in [0.25, 0.3) is 5.69 Å². The summed E-state index contributed by atoms with van der Waals surface area (Å²) in [5, 5.41) is 20.9. The molecule has 2 unspecified atom stereocenters. The van der Waals surface area contributed by atoms with Crippen molar-refractivity contribution in [3.8, 4) is 5.69 Å². The van der Waals surface area contributed by atoms with Gasteiger partial charge in [-0.05, 0) is 37.3 Å². The van der Waals surface area contributed by atoms with Crippen molar-refractivity contribution >= 4 is 17.5 Å². The van der Waals surface area contributed by atoms with E-state index in [1.54, 1.807) is 12.3 Å². The van der Waals surface area contributed by atoms with Crippen LogP contribution < -0.4 is 5.32 Å². The fraction of sp³-hybridized carbons (Fsp3) is 0.438. The van der Waals surface area contributed by atoms with Gasteiger partial charge in [-0.15, -0.1) is 5.10 Å². The third kappa shape index (κ3) is 3.89. The van der Waals surface area contributed by atoms with Gasteiger partial charge in [-0.25, -0.2) is 4.68 Å². The van der Waals surface area contributed by atoms with E-state index < -0.39 is 0 Å². The topological polar surface area (TPSA) is 80.0 Å². The van der Waals surface area contributed by atoms with Crippen LogP contribution in [0.5, 0.6) is 0 Å². The molecule has 1 heterocycles. The standard InChI is InChI=1S/C16H19ClN4O2/c17-13-6-1-2-7-15(13)21-10-14(19-20-21)16(23)18-9-11-4-3-5-12(22)8-11/h1-2,6-7,10-12,22H,3-5,8-9H2,(H,18,23). The first kappa shape index (κ1) is 16.0. The second kappa shape index (κ2) is 7.10. The second-order valence-corrected chi connectivity index (χ2v) is 6.30. The molecule has 0 aliphatic heterocycles. The fourth-order valence-electron chi connectivity index (χ4n) is 2.90. The zero-order valence-electron chi connectivity index (χ0n) is 12.7. The van der Waals surface area contributed by atoms with E-state index in [4.69, 9.17) is 11.6 Å². The van der Waals surface area contributed by atoms with Gasteiger partial charge in [-0.2, -0.15) is 0 Å². The van der Waals surface area contributed by atoms with Gasteiger partial charge in [0.25, 0.3) is 5.91 Å². The van der Waals surface area contributed by atoms with E-state index in [0.717, 1.165) is 25.7 Å². The summed E-state index contributed by atoms with van der Waals surface area (Å²) in [4.78, 5) is 12.2. The molecule has 2 N–H and O–H groups in total. The van der Waals surface area contributed by atoms with E-state index in [1.807, 2.05) is 18.2 Å². The number of aromatic nitrogens is 3. The molecular weight excluding hydrogens is 316 g/mol. The molecule has 2 atom stereocenters. The number of hydrogen-bond donors (Lipinski definition) is 2. The predicted molar refractivity (Wildman–Crippen MR) is 86.7 cm³/mol. The van der Waals surface area contributed by atoms with Crippen LogP contribution in [0.15, 0.2) is 30.5 Å². The Morgan fingerprint density at radius 2 is 2.22 bits per heavy atom. The number of carbonyl (C=O) groups excluding carboxylic acids is 1. The number of halogens is 1. The largest absolute Gasteiger partial charge is 0.393 e. The average molecular weight is 335 g/mol. The van der Waals surface area contributed by atoms with Gasteiger partial charge in [0.05, 0.1) is 23.0 Å². The monoisotopic (exact) mass is 334 g/mol. The lowest BCUT2D eigenvalue weighted by Crippen LogP contribution is -2.33. The molecule has 1 aliphatic carbocycles. The van der Waals surface area contributed by atoms with E-state index >= 15 is 0 Å². The van der Waals surface area contributed by atoms with Gasteiger partial charge in [-0.1, -0.05) is 35.4 Å². The maximum Gasteiger partial charge on any atom is 0.273 e. The minimum Gasteiger partial charge on any atom is -0.393 e. The normalized spacial score (nSPS) is 21.1. The maximum atomic E-state index is 12.2. The van der Waals surface area contributed by atoms with Crippen molar-refractivity contribution in [1.82, 2.24) is 20.3 Å². The third-order valence-corrected chi connectivity index (χ3v) is 4.45. The molecule has 1 fully saturated rings. The van der Waals surface area contributed by atoms with Gasteiger partial charge >= 0.3 is 0 Å². The van der Waals surface area contributed by atoms with Crippen LogP contribution in [-0.4, -0.2) is 38.7 Å². The minimum absolute atomic E-state index is 0.244. The Morgan fingerprint density at radius 3 is 3.00 bits per heavy atom. The summed E-state index contributed by atoms with van der Waals surface area (Å²) < 4.78 is 1.49. The number of nitrogens with one attached hydrogen (secondary N) is 1. The van der Waals surface area contributed by atoms with Crippen molar-refractivity contribution in [3.05, 3.63) is 41.2 Å². The van der Waals surface area contributed by atoms with Crippen molar-refractivity contribution in [2.75, 3.05) is 6.54 Å². The molecule has 23 heavy (non-hydrogen) atoms. The lowest BCUT2D eigenvalue weighted by molar-refractivity contribution is 0.0870. The summed E-state index contributed by atoms with van der Waals surface area (Å²) in [6.07, 6.45) is 4.95. The summed E-state index contributed by atoms with van der Waals surface area (Å²) in [5.74, 6) is 0.0599. The Labute approximate surface area is 139 Å². The number of rotatable bonds is 4. The summed E-state index contributed by atoms with van der Waals surface area (Å²) in [6, 6.07) is 7.24. The third-order valence-electron chi connectivity index (χ3n) is 4.13. The van der Waals surface area contributed by atoms with Crippen LogP contribution in [0.1, 0.15) is 36.2 Å². The number of benzene rings is 1. The first-order valence-corrected chi connectivity index (χ1v) is 8.15. The zero-order chi connectivity index (χ0) is 16.2. The van der Waals surface area contributed by atoms with Gasteiger partial charge < -0.3 is 10.4 Å². The Kier molecular flexibility index (Phi) is 4.93. The number of nitrogens with zero attached hydrogens (tertiary/aromatic N) is 3. The van der Waals surface area contributed by atoms with Gasteiger partial charge in [0.2, 0.25) is 0 Å². The zero-order valence-corrected chi connectivity index (χ0v) is 13.4. The molecule has 1 aliphatic rings. The van der Waals surface area contributed by atoms with Crippen LogP contribution in [0.4, 0.5) is 0 Å². The predicted octanol–water partition coefficient (Wildman–Crippen LogP) is 2.20. The molecule has 0 bridgehead atoms. The van der Waals surface area contributed by atoms with Crippen molar-refractivity contribution in [3.63, 3.8) is 0 Å². The molecule has 1 amide bonds. The van der Waals surface area contributed by atoms with Crippen LogP contribution >= 0.6 is 11.6 Å². The molecule has 1 aromatic heterocycles. The van der Waals surface area contributed by atoms with Crippen molar-refractivity contribution in [2.24, 2.45) is 5.92 Å². The van der Waals surface area contributed by atoms with Crippen LogP contribution in [0.3, 0.4) is 0 Å². The highest BCUT2D eigenvalue weighted by atomic mass is 35.5. The summed E-state index contributed by atoms with van der Waals surface area (Å²) in [5.41, 5.74) is 0.928. The molecular formula is C16H19ClN4O2. The first-order chi connectivity index (χ1) is 11.1. The quantitative estimate of drug-likeness (QED) is 0.898. The summed E-state index contributed by atoms with van der Waals surface area (Å²) >= 11 is 6.11. The van der Waals surface area contributed by atoms with E-state index in [-0.39, 0.29) is 17.7 Å². The highest BCUT2D eigenvalue weighted by molar-refractivity contribution is 6.32. The molecule has 3 rings (SSSR count). The molecule has 122 valence electrons. The molecule has 0 saturated heterocycles. The van der Waals surface area contributed by atoms with E-state index in [1.165, 1.54) is 4.68 Å². The smallest absolute Gasteiger partial charge is 0.273 e. The first-order valence-electron chi connectivity index (χ1n) is 7.77. The van der Waals surface area contributed by atoms with Crippen molar-refractivity contribution in [2.45, 2.75) is 31.8 Å². The lowest BCUT2D eigenvalue weighted by atomic mass is 9.87. The molecule has 1 aromatic carbocycles. The van der Waals surface area contributed by atoms with Crippen LogP contribution in [-0.2, 0) is 0 Å². The Hall–Kier alpha value is -1.92. The summed E-state index contributed by atoms with van der Waals surface area (Å²) in [7, 11) is 0. The highest BCUT2D eigenvalue weighted by Crippen LogP contribution is 2.23. The minimum atomic E-state index is -0.261. The molecule has 2 aromatic rings.